The van der Waals surface area contributed by atoms with Crippen LogP contribution in [0.5, 0.6) is 6.01 Å². The van der Waals surface area contributed by atoms with E-state index >= 15 is 0 Å². The van der Waals surface area contributed by atoms with Crippen molar-refractivity contribution in [3.05, 3.63) is 0 Å². The molecule has 1 heterocycles. The van der Waals surface area contributed by atoms with E-state index in [0.717, 1.165) is 0 Å². The minimum atomic E-state index is -0.494. The maximum absolute atomic E-state index is 11.8. The van der Waals surface area contributed by atoms with Gasteiger partial charge in [0.2, 0.25) is 17.8 Å². The zero-order chi connectivity index (χ0) is 15.1. The summed E-state index contributed by atoms with van der Waals surface area (Å²) in [5, 5.41) is 5.68. The minimum Gasteiger partial charge on any atom is -0.467 e. The summed E-state index contributed by atoms with van der Waals surface area (Å²) in [6.45, 7) is 6.37. The molecule has 0 aliphatic carbocycles. The highest BCUT2D eigenvalue weighted by atomic mass is 16.5. The maximum atomic E-state index is 11.8. The van der Waals surface area contributed by atoms with Crippen molar-refractivity contribution in [2.45, 2.75) is 26.8 Å². The summed E-state index contributed by atoms with van der Waals surface area (Å²) >= 11 is 0. The molecule has 0 radical (unpaired) electrons. The van der Waals surface area contributed by atoms with Gasteiger partial charge in [0, 0.05) is 6.54 Å². The van der Waals surface area contributed by atoms with Crippen LogP contribution in [0.2, 0.25) is 0 Å². The number of methoxy groups -OCH3 is 1. The number of nitrogens with two attached hydrogens (primary N) is 1. The number of ether oxygens (including phenoxy) is 1. The van der Waals surface area contributed by atoms with Crippen molar-refractivity contribution in [2.24, 2.45) is 11.8 Å². The second-order valence-electron chi connectivity index (χ2n) is 4.62. The first-order chi connectivity index (χ1) is 9.46. The van der Waals surface area contributed by atoms with Crippen molar-refractivity contribution in [3.8, 4) is 6.01 Å². The molecule has 1 unspecified atom stereocenters. The first kappa shape index (κ1) is 15.9. The molecular formula is C11H21N7O2. The van der Waals surface area contributed by atoms with E-state index in [1.54, 1.807) is 6.92 Å². The first-order valence-corrected chi connectivity index (χ1v) is 6.27. The van der Waals surface area contributed by atoms with Crippen LogP contribution in [0.1, 0.15) is 20.8 Å². The Hall–Kier alpha value is -2.16. The number of hydrogen-bond acceptors (Lipinski definition) is 8. The second kappa shape index (κ2) is 7.43. The van der Waals surface area contributed by atoms with Gasteiger partial charge in [-0.1, -0.05) is 13.8 Å². The van der Waals surface area contributed by atoms with Crippen LogP contribution >= 0.6 is 0 Å². The number of rotatable bonds is 7. The van der Waals surface area contributed by atoms with E-state index in [1.165, 1.54) is 7.11 Å². The highest BCUT2D eigenvalue weighted by molar-refractivity contribution is 5.83. The van der Waals surface area contributed by atoms with Gasteiger partial charge >= 0.3 is 6.01 Å². The summed E-state index contributed by atoms with van der Waals surface area (Å²) in [6, 6.07) is -0.392. The average molecular weight is 283 g/mol. The molecule has 0 aromatic carbocycles. The van der Waals surface area contributed by atoms with Crippen LogP contribution in [0.4, 0.5) is 11.9 Å². The molecule has 1 aromatic rings. The van der Waals surface area contributed by atoms with Gasteiger partial charge in [-0.05, 0) is 12.8 Å². The molecule has 1 atom stereocenters. The van der Waals surface area contributed by atoms with Crippen LogP contribution in [0.15, 0.2) is 0 Å². The Labute approximate surface area is 117 Å². The zero-order valence-corrected chi connectivity index (χ0v) is 12.1. The lowest BCUT2D eigenvalue weighted by molar-refractivity contribution is -0.121. The van der Waals surface area contributed by atoms with Crippen molar-refractivity contribution >= 4 is 17.8 Å². The van der Waals surface area contributed by atoms with Crippen LogP contribution in [0.25, 0.3) is 0 Å². The fraction of sp³-hybridized carbons (Fsp3) is 0.636. The van der Waals surface area contributed by atoms with Crippen molar-refractivity contribution < 1.29 is 9.53 Å². The number of carbonyl (C=O) groups excluding carboxylic acids is 1. The van der Waals surface area contributed by atoms with Gasteiger partial charge < -0.3 is 15.4 Å². The van der Waals surface area contributed by atoms with Crippen LogP contribution in [-0.4, -0.2) is 40.6 Å². The van der Waals surface area contributed by atoms with Gasteiger partial charge in [-0.2, -0.15) is 15.0 Å². The number of anilines is 2. The number of aromatic nitrogens is 3. The van der Waals surface area contributed by atoms with Crippen molar-refractivity contribution in [3.63, 3.8) is 0 Å². The van der Waals surface area contributed by atoms with Crippen molar-refractivity contribution in [2.75, 3.05) is 24.4 Å². The molecule has 5 N–H and O–H groups in total. The highest BCUT2D eigenvalue weighted by Gasteiger charge is 2.15. The lowest BCUT2D eigenvalue weighted by Gasteiger charge is -2.15. The monoisotopic (exact) mass is 283 g/mol. The average Bonchev–Trinajstić information content (AvgIpc) is 2.43. The van der Waals surface area contributed by atoms with Crippen LogP contribution in [-0.2, 0) is 4.79 Å². The quantitative estimate of drug-likeness (QED) is 0.398. The molecule has 1 rings (SSSR count). The Bertz CT molecular complexity index is 430. The Kier molecular flexibility index (Phi) is 5.91. The van der Waals surface area contributed by atoms with E-state index in [4.69, 9.17) is 10.6 Å². The molecule has 0 spiro atoms. The van der Waals surface area contributed by atoms with E-state index in [-0.39, 0.29) is 23.8 Å². The molecule has 20 heavy (non-hydrogen) atoms. The van der Waals surface area contributed by atoms with Crippen LogP contribution in [0.3, 0.4) is 0 Å². The van der Waals surface area contributed by atoms with Crippen molar-refractivity contribution in [1.29, 1.82) is 0 Å². The normalized spacial score (nSPS) is 11.9. The van der Waals surface area contributed by atoms with E-state index in [2.05, 4.69) is 31.0 Å². The van der Waals surface area contributed by atoms with Gasteiger partial charge in [-0.3, -0.25) is 10.2 Å². The largest absolute Gasteiger partial charge is 0.467 e. The van der Waals surface area contributed by atoms with Gasteiger partial charge in [-0.25, -0.2) is 5.84 Å². The molecule has 0 saturated heterocycles. The van der Waals surface area contributed by atoms with E-state index in [9.17, 15) is 4.79 Å². The summed E-state index contributed by atoms with van der Waals surface area (Å²) in [5.74, 6) is 5.85. The van der Waals surface area contributed by atoms with Crippen LogP contribution in [0, 0.1) is 5.92 Å². The molecule has 0 aliphatic heterocycles. The molecule has 0 bridgehead atoms. The van der Waals surface area contributed by atoms with Gasteiger partial charge in [-0.15, -0.1) is 0 Å². The molecule has 0 fully saturated rings. The number of hydrogen-bond donors (Lipinski definition) is 4. The minimum absolute atomic E-state index is 0.102. The molecular weight excluding hydrogens is 262 g/mol. The third kappa shape index (κ3) is 4.84. The summed E-state index contributed by atoms with van der Waals surface area (Å²) in [6.07, 6.45) is 0. The lowest BCUT2D eigenvalue weighted by Crippen LogP contribution is -2.39. The Balaban J connectivity index is 2.69. The molecule has 112 valence electrons. The number of amides is 1. The third-order valence-electron chi connectivity index (χ3n) is 2.35. The number of nitrogens with one attached hydrogen (secondary N) is 3. The summed E-state index contributed by atoms with van der Waals surface area (Å²) in [7, 11) is 1.43. The molecule has 9 nitrogen and oxygen atoms in total. The maximum Gasteiger partial charge on any atom is 0.322 e. The fourth-order valence-electron chi connectivity index (χ4n) is 1.29. The molecule has 1 amide bonds. The lowest BCUT2D eigenvalue weighted by atomic mass is 10.2. The predicted molar refractivity (Wildman–Crippen MR) is 75.1 cm³/mol. The fourth-order valence-corrected chi connectivity index (χ4v) is 1.29. The summed E-state index contributed by atoms with van der Waals surface area (Å²) in [4.78, 5) is 23.7. The Morgan fingerprint density at radius 3 is 2.45 bits per heavy atom. The van der Waals surface area contributed by atoms with E-state index < -0.39 is 6.04 Å². The number of nitrogen functional groups attached to an aromatic ring is 1. The van der Waals surface area contributed by atoms with E-state index in [1.807, 2.05) is 13.8 Å². The number of nitrogens with zero attached hydrogens (tertiary/aromatic N) is 3. The number of hydrazine groups is 1. The topological polar surface area (TPSA) is 127 Å². The first-order valence-electron chi connectivity index (χ1n) is 6.27. The molecule has 0 aliphatic rings. The molecule has 1 aromatic heterocycles. The van der Waals surface area contributed by atoms with Gasteiger partial charge in [0.05, 0.1) is 7.11 Å². The van der Waals surface area contributed by atoms with Gasteiger partial charge in [0.15, 0.2) is 0 Å². The molecule has 0 saturated carbocycles. The Morgan fingerprint density at radius 2 is 1.90 bits per heavy atom. The summed E-state index contributed by atoms with van der Waals surface area (Å²) < 4.78 is 4.92. The van der Waals surface area contributed by atoms with Crippen molar-refractivity contribution in [1.82, 2.24) is 20.3 Å². The second-order valence-corrected chi connectivity index (χ2v) is 4.62. The molecule has 9 heteroatoms. The Morgan fingerprint density at radius 1 is 1.25 bits per heavy atom. The number of carbonyl (C=O) groups is 1. The third-order valence-corrected chi connectivity index (χ3v) is 2.35. The summed E-state index contributed by atoms with van der Waals surface area (Å²) in [5.41, 5.74) is 2.30. The standard InChI is InChI=1S/C11H21N7O2/c1-6(2)5-13-8(19)7(3)14-9-15-10(18-12)17-11(16-9)20-4/h6-7H,5,12H2,1-4H3,(H,13,19)(H2,14,15,16,17,18). The van der Waals surface area contributed by atoms with Gasteiger partial charge in [0.25, 0.3) is 0 Å². The van der Waals surface area contributed by atoms with Gasteiger partial charge in [0.1, 0.15) is 6.04 Å². The zero-order valence-electron chi connectivity index (χ0n) is 12.1. The smallest absolute Gasteiger partial charge is 0.322 e. The predicted octanol–water partition coefficient (Wildman–Crippen LogP) is -0.262. The highest BCUT2D eigenvalue weighted by Crippen LogP contribution is 2.10. The van der Waals surface area contributed by atoms with Crippen LogP contribution < -0.4 is 26.6 Å². The van der Waals surface area contributed by atoms with E-state index in [0.29, 0.717) is 12.5 Å². The SMILES string of the molecule is COc1nc(NN)nc(NC(C)C(=O)NCC(C)C)n1.